The first-order chi connectivity index (χ1) is 55.6. The van der Waals surface area contributed by atoms with Gasteiger partial charge in [0.1, 0.15) is 78.3 Å². The highest BCUT2D eigenvalue weighted by molar-refractivity contribution is 6.00. The Morgan fingerprint density at radius 1 is 0.492 bits per heavy atom. The van der Waals surface area contributed by atoms with Crippen LogP contribution in [-0.2, 0) is 96.0 Å². The van der Waals surface area contributed by atoms with Gasteiger partial charge in [0.25, 0.3) is 0 Å². The fourth-order valence-corrected chi connectivity index (χ4v) is 12.8. The molecule has 118 heavy (non-hydrogen) atoms. The lowest BCUT2D eigenvalue weighted by molar-refractivity contribution is -0.143. The van der Waals surface area contributed by atoms with Crippen molar-refractivity contribution < 1.29 is 92.0 Å². The number of rotatable bonds is 50. The molecule has 1 aliphatic rings. The van der Waals surface area contributed by atoms with Crippen molar-refractivity contribution in [2.75, 3.05) is 19.6 Å². The molecule has 0 aromatic heterocycles. The van der Waals surface area contributed by atoms with Gasteiger partial charge in [-0.1, -0.05) is 135 Å². The molecule has 38 heteroatoms. The number of carboxylic acids is 1. The normalized spacial score (nSPS) is 16.1. The molecular formula is C80H121N19O19. The molecule has 0 radical (unpaired) electrons. The first kappa shape index (κ1) is 98.5. The van der Waals surface area contributed by atoms with Crippen molar-refractivity contribution in [3.8, 4) is 5.75 Å². The lowest BCUT2D eigenvalue weighted by atomic mass is 9.96. The maximum Gasteiger partial charge on any atom is 0.303 e. The summed E-state index contributed by atoms with van der Waals surface area (Å²) in [6, 6.07) is 4.77. The molecule has 15 amide bonds. The van der Waals surface area contributed by atoms with Crippen molar-refractivity contribution in [2.45, 2.75) is 244 Å². The number of nitrogens with one attached hydrogen (secondary N) is 12. The van der Waals surface area contributed by atoms with Crippen molar-refractivity contribution in [1.82, 2.24) is 68.7 Å². The molecule has 1 fully saturated rings. The molecule has 3 aromatic carbocycles. The summed E-state index contributed by atoms with van der Waals surface area (Å²) in [4.78, 5) is 225. The monoisotopic (exact) mass is 1650 g/mol. The zero-order valence-corrected chi connectivity index (χ0v) is 68.7. The molecule has 0 aliphatic carbocycles. The van der Waals surface area contributed by atoms with Gasteiger partial charge in [-0.2, -0.15) is 0 Å². The minimum atomic E-state index is -1.87. The van der Waals surface area contributed by atoms with Crippen LogP contribution in [-0.4, -0.2) is 225 Å². The lowest BCUT2D eigenvalue weighted by Gasteiger charge is -2.33. The minimum absolute atomic E-state index is 0.00509. The van der Waals surface area contributed by atoms with Crippen molar-refractivity contribution in [3.63, 3.8) is 0 Å². The number of nitrogens with two attached hydrogens (primary N) is 5. The first-order valence-electron chi connectivity index (χ1n) is 39.6. The maximum absolute atomic E-state index is 14.7. The first-order valence-corrected chi connectivity index (χ1v) is 39.6. The molecular weight excluding hydrogens is 1530 g/mol. The van der Waals surface area contributed by atoms with E-state index in [1.807, 2.05) is 30.3 Å². The van der Waals surface area contributed by atoms with Crippen LogP contribution in [0.15, 0.2) is 89.9 Å². The van der Waals surface area contributed by atoms with Crippen LogP contribution in [0.3, 0.4) is 0 Å². The minimum Gasteiger partial charge on any atom is -0.508 e. The van der Waals surface area contributed by atoms with Crippen LogP contribution >= 0.6 is 0 Å². The number of hydrogen-bond donors (Lipinski definition) is 20. The molecule has 1 heterocycles. The van der Waals surface area contributed by atoms with Crippen LogP contribution in [0.4, 0.5) is 0 Å². The smallest absolute Gasteiger partial charge is 0.303 e. The van der Waals surface area contributed by atoms with Gasteiger partial charge in [-0.05, 0) is 124 Å². The van der Waals surface area contributed by atoms with E-state index in [0.29, 0.717) is 24.0 Å². The second-order valence-electron chi connectivity index (χ2n) is 30.9. The van der Waals surface area contributed by atoms with Crippen molar-refractivity contribution in [1.29, 1.82) is 0 Å². The summed E-state index contributed by atoms with van der Waals surface area (Å²) < 4.78 is 0. The van der Waals surface area contributed by atoms with E-state index in [1.165, 1.54) is 36.1 Å². The van der Waals surface area contributed by atoms with Crippen LogP contribution in [0.25, 0.3) is 0 Å². The van der Waals surface area contributed by atoms with E-state index in [9.17, 15) is 92.0 Å². The number of carboxylic acid groups (broad SMARTS) is 1. The molecule has 25 N–H and O–H groups in total. The van der Waals surface area contributed by atoms with Gasteiger partial charge in [0.05, 0.1) is 18.7 Å². The third-order valence-electron chi connectivity index (χ3n) is 19.6. The van der Waals surface area contributed by atoms with Gasteiger partial charge in [-0.15, -0.1) is 0 Å². The molecule has 0 saturated carbocycles. The second kappa shape index (κ2) is 49.3. The number of aliphatic hydroxyl groups is 1. The Hall–Kier alpha value is -11.8. The van der Waals surface area contributed by atoms with Crippen LogP contribution in [0.1, 0.15) is 157 Å². The van der Waals surface area contributed by atoms with Gasteiger partial charge in [0, 0.05) is 38.8 Å². The summed E-state index contributed by atoms with van der Waals surface area (Å²) in [5.41, 5.74) is 29.7. The number of likely N-dealkylation sites (tertiary alicyclic amines) is 1. The summed E-state index contributed by atoms with van der Waals surface area (Å²) in [7, 11) is 0. The number of amides is 15. The molecule has 4 rings (SSSR count). The van der Waals surface area contributed by atoms with Crippen LogP contribution < -0.4 is 92.5 Å². The van der Waals surface area contributed by atoms with E-state index in [2.05, 4.69) is 68.8 Å². The van der Waals surface area contributed by atoms with E-state index < -0.39 is 210 Å². The molecule has 15 atom stereocenters. The van der Waals surface area contributed by atoms with Crippen LogP contribution in [0.5, 0.6) is 5.75 Å². The van der Waals surface area contributed by atoms with E-state index in [1.54, 1.807) is 85.7 Å². The molecule has 650 valence electrons. The van der Waals surface area contributed by atoms with E-state index >= 15 is 0 Å². The molecule has 0 unspecified atom stereocenters. The number of benzene rings is 3. The zero-order valence-electron chi connectivity index (χ0n) is 68.7. The number of phenols is 1. The zero-order chi connectivity index (χ0) is 88.2. The molecule has 0 spiro atoms. The highest BCUT2D eigenvalue weighted by Gasteiger charge is 2.43. The topological polar surface area (TPSA) is 624 Å². The molecule has 1 aliphatic heterocycles. The molecule has 1 saturated heterocycles. The number of carbonyl (C=O) groups is 16. The largest absolute Gasteiger partial charge is 0.508 e. The number of guanidine groups is 1. The van der Waals surface area contributed by atoms with Crippen molar-refractivity contribution >= 4 is 101 Å². The van der Waals surface area contributed by atoms with Crippen molar-refractivity contribution in [3.05, 3.63) is 102 Å². The summed E-state index contributed by atoms with van der Waals surface area (Å²) in [5.74, 6) is -16.7. The third kappa shape index (κ3) is 34.2. The van der Waals surface area contributed by atoms with Crippen LogP contribution in [0, 0.1) is 23.7 Å². The van der Waals surface area contributed by atoms with E-state index in [4.69, 9.17) is 28.7 Å². The Labute approximate surface area is 686 Å². The predicted molar refractivity (Wildman–Crippen MR) is 434 cm³/mol. The summed E-state index contributed by atoms with van der Waals surface area (Å²) in [6.07, 6.45) is -3.01. The number of hydrogen-bond acceptors (Lipinski definition) is 20. The van der Waals surface area contributed by atoms with Gasteiger partial charge < -0.3 is 113 Å². The molecule has 3 aromatic rings. The number of carbonyl (C=O) groups excluding carboxylic acids is 15. The fourth-order valence-electron chi connectivity index (χ4n) is 12.8. The van der Waals surface area contributed by atoms with Crippen molar-refractivity contribution in [2.24, 2.45) is 57.3 Å². The number of primary amides is 2. The Bertz CT molecular complexity index is 3940. The highest BCUT2D eigenvalue weighted by Crippen LogP contribution is 2.23. The molecule has 0 bridgehead atoms. The molecule has 38 nitrogen and oxygen atoms in total. The second-order valence-corrected chi connectivity index (χ2v) is 30.9. The standard InChI is InChI=1S/C80H121N19O19/c1-11-45(8)65(97-76(115)60-25-19-35-99(60)79(118)64(44(6)7)96-69(108)52(81)38-48-20-14-12-15-21-48)77(116)95-59(39-49-22-16-13-17-23-49)75(114)98-66(47(10)100)78(117)94-58(40-50-26-28-51(101)29-27-50)70(109)87-41-62(103)89-55(31-33-63(104)105)72(111)92-56(36-42(2)3)73(112)88-46(9)68(107)91-54(24-18-34-86-80(84)85)71(110)93-57(37-43(4)5)74(113)90-53(67(83)106)30-32-61(82)102/h12-17,20-23,26-29,42-47,52-60,64-66,100-101H,11,18-19,24-25,30-41,81H2,1-10H3,(H2,82,102)(H2,83,106)(H,87,109)(H,88,112)(H,89,103)(H,90,113)(H,91,107)(H,92,111)(H,93,110)(H,94,117)(H,95,116)(H,96,108)(H,97,115)(H,98,114)(H,104,105)(H4,84,85,86)/t45-,46-,47+,52-,53-,54-,55-,56-,57-,58-,59-,60-,64-,65-,66-/m0/s1. The fraction of sp³-hybridized carbons (Fsp3) is 0.562. The van der Waals surface area contributed by atoms with Gasteiger partial charge in [0.15, 0.2) is 5.96 Å². The van der Waals surface area contributed by atoms with Gasteiger partial charge in [0.2, 0.25) is 88.6 Å². The summed E-state index contributed by atoms with van der Waals surface area (Å²) in [5, 5.41) is 61.8. The van der Waals surface area contributed by atoms with Gasteiger partial charge in [-0.3, -0.25) is 81.7 Å². The third-order valence-corrected chi connectivity index (χ3v) is 19.6. The Balaban J connectivity index is 1.54. The Kier molecular flexibility index (Phi) is 41.2. The van der Waals surface area contributed by atoms with Crippen LogP contribution in [0.2, 0.25) is 0 Å². The SMILES string of the molecule is CC[C@H](C)[C@H](NC(=O)[C@@H]1CCCN1C(=O)[C@@H](NC(=O)[C@@H](N)Cc1ccccc1)C(C)C)C(=O)N[C@@H](Cc1ccccc1)C(=O)N[C@H](C(=O)N[C@@H](Cc1ccc(O)cc1)C(=O)NCC(=O)N[C@@H](CCC(=O)O)C(=O)N[C@@H](CC(C)C)C(=O)N[C@@H](C)C(=O)N[C@@H](CCCN=C(N)N)C(=O)N[C@@H](CC(C)C)C(=O)N[C@@H](CCC(N)=O)C(N)=O)[C@@H](C)O. The summed E-state index contributed by atoms with van der Waals surface area (Å²) in [6.45, 7) is 15.5. The lowest BCUT2D eigenvalue weighted by Crippen LogP contribution is -2.62. The number of nitrogens with zero attached hydrogens (tertiary/aromatic N) is 2. The number of aliphatic imine (C=N–C) groups is 1. The van der Waals surface area contributed by atoms with E-state index in [0.717, 1.165) is 12.5 Å². The average Bonchev–Trinajstić information content (AvgIpc) is 1.53. The maximum atomic E-state index is 14.7. The number of aliphatic carboxylic acids is 1. The number of aromatic hydroxyl groups is 1. The predicted octanol–water partition coefficient (Wildman–Crippen LogP) is -2.95. The number of phenolic OH excluding ortho intramolecular Hbond substituents is 1. The Morgan fingerprint density at radius 2 is 0.958 bits per heavy atom. The average molecular weight is 1650 g/mol. The number of aliphatic hydroxyl groups excluding tert-OH is 1. The Morgan fingerprint density at radius 3 is 1.47 bits per heavy atom. The highest BCUT2D eigenvalue weighted by atomic mass is 16.4. The summed E-state index contributed by atoms with van der Waals surface area (Å²) >= 11 is 0. The van der Waals surface area contributed by atoms with Gasteiger partial charge in [-0.25, -0.2) is 0 Å². The van der Waals surface area contributed by atoms with Gasteiger partial charge >= 0.3 is 5.97 Å². The quantitative estimate of drug-likeness (QED) is 0.0153. The van der Waals surface area contributed by atoms with E-state index in [-0.39, 0.29) is 101 Å².